The minimum Gasteiger partial charge on any atom is -0.443 e. The lowest BCUT2D eigenvalue weighted by Crippen LogP contribution is -2.48. The average molecular weight is 367 g/mol. The van der Waals surface area contributed by atoms with E-state index in [9.17, 15) is 9.59 Å². The van der Waals surface area contributed by atoms with Crippen molar-refractivity contribution in [2.45, 2.75) is 72.5 Å². The molecule has 0 atom stereocenters. The van der Waals surface area contributed by atoms with Crippen LogP contribution in [-0.2, 0) is 14.3 Å². The highest BCUT2D eigenvalue weighted by molar-refractivity contribution is 6.47. The highest BCUT2D eigenvalue weighted by atomic mass is 16.6. The van der Waals surface area contributed by atoms with E-state index in [0.29, 0.717) is 5.71 Å². The molecule has 1 rings (SSSR count). The Morgan fingerprint density at radius 1 is 1.15 bits per heavy atom. The van der Waals surface area contributed by atoms with E-state index in [2.05, 4.69) is 17.1 Å². The van der Waals surface area contributed by atoms with E-state index in [1.165, 1.54) is 0 Å². The number of ether oxygens (including phenoxy) is 2. The molecule has 0 N–H and O–H groups in total. The van der Waals surface area contributed by atoms with Crippen LogP contribution in [0.25, 0.3) is 0 Å². The number of hydrogen-bond donors (Lipinski definition) is 0. The molecule has 2 amide bonds. The van der Waals surface area contributed by atoms with Crippen molar-refractivity contribution >= 4 is 23.7 Å². The Morgan fingerprint density at radius 2 is 1.69 bits per heavy atom. The minimum atomic E-state index is -0.902. The van der Waals surface area contributed by atoms with E-state index in [-0.39, 0.29) is 12.4 Å². The molecule has 8 nitrogen and oxygen atoms in total. The Hall–Kier alpha value is -2.38. The number of nitrogens with zero attached hydrogens (tertiary/aromatic N) is 3. The topological polar surface area (TPSA) is 89.8 Å². The molecule has 8 heteroatoms. The SMILES string of the molecule is CCC/C=C\N=C1/CON=C1N(C(=O)OC(C)(C)C)C(=O)OC(C)(C)C. The van der Waals surface area contributed by atoms with Crippen molar-refractivity contribution < 1.29 is 23.9 Å². The van der Waals surface area contributed by atoms with Crippen LogP contribution in [0.1, 0.15) is 61.3 Å². The first-order valence-corrected chi connectivity index (χ1v) is 8.62. The molecule has 0 bridgehead atoms. The maximum Gasteiger partial charge on any atom is 0.425 e. The lowest BCUT2D eigenvalue weighted by molar-refractivity contribution is 0.0147. The summed E-state index contributed by atoms with van der Waals surface area (Å²) in [5, 5.41) is 3.79. The predicted octanol–water partition coefficient (Wildman–Crippen LogP) is 4.26. The third-order valence-corrected chi connectivity index (χ3v) is 2.77. The fourth-order valence-corrected chi connectivity index (χ4v) is 1.78. The molecule has 0 aromatic heterocycles. The van der Waals surface area contributed by atoms with Crippen LogP contribution in [0.4, 0.5) is 9.59 Å². The van der Waals surface area contributed by atoms with Gasteiger partial charge in [0.1, 0.15) is 16.9 Å². The molecule has 0 spiro atoms. The number of unbranched alkanes of at least 4 members (excludes halogenated alkanes) is 1. The van der Waals surface area contributed by atoms with Crippen LogP contribution >= 0.6 is 0 Å². The van der Waals surface area contributed by atoms with Crippen LogP contribution < -0.4 is 0 Å². The van der Waals surface area contributed by atoms with E-state index in [0.717, 1.165) is 17.7 Å². The molecule has 1 aliphatic rings. The lowest BCUT2D eigenvalue weighted by atomic mass is 10.2. The number of oxime groups is 1. The number of carbonyl (C=O) groups is 2. The number of imide groups is 1. The van der Waals surface area contributed by atoms with Gasteiger partial charge in [-0.3, -0.25) is 4.99 Å². The first-order valence-electron chi connectivity index (χ1n) is 8.62. The van der Waals surface area contributed by atoms with E-state index < -0.39 is 23.4 Å². The van der Waals surface area contributed by atoms with Crippen molar-refractivity contribution in [2.75, 3.05) is 6.61 Å². The first kappa shape index (κ1) is 21.7. The van der Waals surface area contributed by atoms with Gasteiger partial charge in [-0.1, -0.05) is 24.6 Å². The molecule has 0 aliphatic carbocycles. The largest absolute Gasteiger partial charge is 0.443 e. The molecule has 1 heterocycles. The van der Waals surface area contributed by atoms with Crippen LogP contribution in [-0.4, -0.2) is 46.4 Å². The van der Waals surface area contributed by atoms with E-state index >= 15 is 0 Å². The molecule has 26 heavy (non-hydrogen) atoms. The predicted molar refractivity (Wildman–Crippen MR) is 99.2 cm³/mol. The molecule has 0 saturated heterocycles. The summed E-state index contributed by atoms with van der Waals surface area (Å²) in [6, 6.07) is 0. The second kappa shape index (κ2) is 8.82. The molecule has 0 fully saturated rings. The monoisotopic (exact) mass is 367 g/mol. The van der Waals surface area contributed by atoms with Gasteiger partial charge < -0.3 is 14.3 Å². The Morgan fingerprint density at radius 3 is 2.15 bits per heavy atom. The zero-order chi connectivity index (χ0) is 20.0. The quantitative estimate of drug-likeness (QED) is 0.743. The highest BCUT2D eigenvalue weighted by Gasteiger charge is 2.39. The summed E-state index contributed by atoms with van der Waals surface area (Å²) in [4.78, 5) is 35.2. The average Bonchev–Trinajstić information content (AvgIpc) is 2.88. The van der Waals surface area contributed by atoms with Crippen LogP contribution in [0.5, 0.6) is 0 Å². The second-order valence-electron chi connectivity index (χ2n) is 7.73. The molecule has 0 aromatic carbocycles. The van der Waals surface area contributed by atoms with E-state index in [1.807, 2.05) is 6.08 Å². The third-order valence-electron chi connectivity index (χ3n) is 2.77. The van der Waals surface area contributed by atoms with Crippen molar-refractivity contribution in [1.29, 1.82) is 0 Å². The zero-order valence-electron chi connectivity index (χ0n) is 16.7. The van der Waals surface area contributed by atoms with Gasteiger partial charge >= 0.3 is 12.2 Å². The summed E-state index contributed by atoms with van der Waals surface area (Å²) in [5.74, 6) is -0.0327. The number of allylic oxidation sites excluding steroid dienone is 1. The molecule has 0 saturated carbocycles. The number of amides is 2. The third kappa shape index (κ3) is 7.25. The van der Waals surface area contributed by atoms with Gasteiger partial charge in [0.2, 0.25) is 5.84 Å². The zero-order valence-corrected chi connectivity index (χ0v) is 16.7. The fraction of sp³-hybridized carbons (Fsp3) is 0.667. The van der Waals surface area contributed by atoms with Gasteiger partial charge in [0, 0.05) is 6.20 Å². The Bertz CT molecular complexity index is 581. The van der Waals surface area contributed by atoms with E-state index in [4.69, 9.17) is 14.3 Å². The molecule has 0 unspecified atom stereocenters. The van der Waals surface area contributed by atoms with Crippen LogP contribution in [0.2, 0.25) is 0 Å². The van der Waals surface area contributed by atoms with Gasteiger partial charge in [-0.05, 0) is 48.0 Å². The Labute approximate surface area is 154 Å². The molecule has 146 valence electrons. The van der Waals surface area contributed by atoms with Crippen LogP contribution in [0, 0.1) is 0 Å². The molecule has 0 radical (unpaired) electrons. The maximum atomic E-state index is 12.6. The second-order valence-corrected chi connectivity index (χ2v) is 7.73. The summed E-state index contributed by atoms with van der Waals surface area (Å²) < 4.78 is 10.6. The van der Waals surface area contributed by atoms with Crippen LogP contribution in [0.15, 0.2) is 22.4 Å². The Kier molecular flexibility index (Phi) is 7.35. The molecular weight excluding hydrogens is 338 g/mol. The van der Waals surface area contributed by atoms with Crippen molar-refractivity contribution in [1.82, 2.24) is 4.90 Å². The van der Waals surface area contributed by atoms with Gasteiger partial charge in [0.15, 0.2) is 6.61 Å². The number of rotatable bonds is 3. The summed E-state index contributed by atoms with van der Waals surface area (Å²) in [6.07, 6.45) is 3.54. The van der Waals surface area contributed by atoms with Gasteiger partial charge in [-0.2, -0.15) is 4.90 Å². The number of carbonyl (C=O) groups excluding carboxylic acids is 2. The number of aliphatic imine (C=N–C) groups is 1. The maximum absolute atomic E-state index is 12.6. The lowest BCUT2D eigenvalue weighted by Gasteiger charge is -2.27. The van der Waals surface area contributed by atoms with Crippen LogP contribution in [0.3, 0.4) is 0 Å². The number of amidine groups is 1. The normalized spacial score (nSPS) is 16.4. The van der Waals surface area contributed by atoms with Crippen molar-refractivity contribution in [2.24, 2.45) is 10.1 Å². The van der Waals surface area contributed by atoms with Gasteiger partial charge in [0.25, 0.3) is 0 Å². The molecule has 0 aromatic rings. The van der Waals surface area contributed by atoms with Gasteiger partial charge in [-0.15, -0.1) is 0 Å². The summed E-state index contributed by atoms with van der Waals surface area (Å²) >= 11 is 0. The van der Waals surface area contributed by atoms with Crippen molar-refractivity contribution in [3.8, 4) is 0 Å². The summed E-state index contributed by atoms with van der Waals surface area (Å²) in [5.41, 5.74) is -1.25. The van der Waals surface area contributed by atoms with Crippen molar-refractivity contribution in [3.63, 3.8) is 0 Å². The smallest absolute Gasteiger partial charge is 0.425 e. The van der Waals surface area contributed by atoms with Crippen molar-refractivity contribution in [3.05, 3.63) is 12.3 Å². The van der Waals surface area contributed by atoms with E-state index in [1.54, 1.807) is 47.7 Å². The minimum absolute atomic E-state index is 0.0327. The molecule has 1 aliphatic heterocycles. The van der Waals surface area contributed by atoms with Gasteiger partial charge in [-0.25, -0.2) is 9.59 Å². The Balaban J connectivity index is 3.14. The fourth-order valence-electron chi connectivity index (χ4n) is 1.78. The number of hydrogen-bond acceptors (Lipinski definition) is 7. The highest BCUT2D eigenvalue weighted by Crippen LogP contribution is 2.17. The standard InChI is InChI=1S/C18H29N3O5/c1-8-9-10-11-19-13-12-24-20-14(13)21(15(22)25-17(2,3)4)16(23)26-18(5,6)7/h10-11H,8-9,12H2,1-7H3/b11-10-,19-13+. The summed E-state index contributed by atoms with van der Waals surface area (Å²) in [7, 11) is 0. The first-order chi connectivity index (χ1) is 11.9. The molecular formula is C18H29N3O5. The summed E-state index contributed by atoms with van der Waals surface area (Å²) in [6.45, 7) is 12.3. The van der Waals surface area contributed by atoms with Gasteiger partial charge in [0.05, 0.1) is 0 Å².